The molecule has 1 aromatic heterocycles. The molecule has 1 N–H and O–H groups in total. The van der Waals surface area contributed by atoms with Gasteiger partial charge >= 0.3 is 186 Å². The molecule has 8 nitrogen and oxygen atoms in total. The predicted molar refractivity (Wildman–Crippen MR) is 105 cm³/mol. The summed E-state index contributed by atoms with van der Waals surface area (Å²) in [6.45, 7) is 0. The van der Waals surface area contributed by atoms with Crippen LogP contribution < -0.4 is 26.4 Å². The maximum absolute atomic E-state index is 12.9. The SMILES string of the molecule is O=C1C(=O)N(c2nccs2)C(c2ccc([I-][N+](=O)[O-])cc2)/C1=C(/O)c1ccccc1. The van der Waals surface area contributed by atoms with Crippen molar-refractivity contribution in [3.05, 3.63) is 96.6 Å². The van der Waals surface area contributed by atoms with E-state index in [1.54, 1.807) is 60.0 Å². The van der Waals surface area contributed by atoms with Gasteiger partial charge in [-0.15, -0.1) is 0 Å². The molecule has 2 aromatic carbocycles. The molecule has 152 valence electrons. The number of aromatic nitrogens is 1. The summed E-state index contributed by atoms with van der Waals surface area (Å²) < 4.78 is 0.266. The molecule has 0 spiro atoms. The fraction of sp³-hybridized carbons (Fsp3) is 0.0500. The molecule has 0 saturated carbocycles. The van der Waals surface area contributed by atoms with Gasteiger partial charge in [-0.05, 0) is 0 Å². The molecule has 0 radical (unpaired) electrons. The topological polar surface area (TPSA) is 114 Å². The number of amides is 1. The zero-order chi connectivity index (χ0) is 21.3. The molecule has 1 saturated heterocycles. The van der Waals surface area contributed by atoms with E-state index in [0.717, 1.165) is 0 Å². The Kier molecular flexibility index (Phi) is 5.59. The molecule has 1 aliphatic rings. The Bertz CT molecular complexity index is 1150. The van der Waals surface area contributed by atoms with Gasteiger partial charge in [-0.2, -0.15) is 0 Å². The van der Waals surface area contributed by atoms with Crippen molar-refractivity contribution in [1.29, 1.82) is 0 Å². The van der Waals surface area contributed by atoms with Gasteiger partial charge in [-0.25, -0.2) is 0 Å². The second-order valence-electron chi connectivity index (χ2n) is 6.20. The fourth-order valence-electron chi connectivity index (χ4n) is 3.21. The molecule has 10 heteroatoms. The first-order valence-corrected chi connectivity index (χ1v) is 11.5. The van der Waals surface area contributed by atoms with E-state index in [-0.39, 0.29) is 14.5 Å². The predicted octanol–water partition coefficient (Wildman–Crippen LogP) is 0.220. The van der Waals surface area contributed by atoms with Gasteiger partial charge in [0, 0.05) is 0 Å². The third kappa shape index (κ3) is 3.71. The van der Waals surface area contributed by atoms with Crippen LogP contribution in [0.25, 0.3) is 5.76 Å². The van der Waals surface area contributed by atoms with Crippen LogP contribution in [0.15, 0.2) is 71.7 Å². The molecule has 2 heterocycles. The average Bonchev–Trinajstić information content (AvgIpc) is 3.35. The zero-order valence-corrected chi connectivity index (χ0v) is 18.1. The Balaban J connectivity index is 1.87. The van der Waals surface area contributed by atoms with Crippen LogP contribution in [0.3, 0.4) is 0 Å². The van der Waals surface area contributed by atoms with Gasteiger partial charge in [0.2, 0.25) is 0 Å². The summed E-state index contributed by atoms with van der Waals surface area (Å²) in [4.78, 5) is 42.0. The van der Waals surface area contributed by atoms with Crippen LogP contribution in [0.2, 0.25) is 0 Å². The van der Waals surface area contributed by atoms with E-state index in [1.807, 2.05) is 0 Å². The number of halogens is 1. The number of ketones is 1. The number of carbonyl (C=O) groups is 2. The van der Waals surface area contributed by atoms with Crippen LogP contribution >= 0.6 is 11.3 Å². The summed E-state index contributed by atoms with van der Waals surface area (Å²) >= 11 is -0.184. The van der Waals surface area contributed by atoms with Crippen LogP contribution in [0, 0.1) is 13.7 Å². The Morgan fingerprint density at radius 3 is 2.43 bits per heavy atom. The number of aliphatic hydroxyl groups excluding tert-OH is 1. The number of aliphatic hydroxyl groups is 1. The van der Waals surface area contributed by atoms with E-state index in [4.69, 9.17) is 0 Å². The number of anilines is 1. The number of rotatable bonds is 5. The molecule has 1 atom stereocenters. The number of nitrogens with zero attached hydrogens (tertiary/aromatic N) is 3. The van der Waals surface area contributed by atoms with Gasteiger partial charge in [0.15, 0.2) is 0 Å². The van der Waals surface area contributed by atoms with Gasteiger partial charge < -0.3 is 0 Å². The summed E-state index contributed by atoms with van der Waals surface area (Å²) in [6, 6.07) is 14.2. The number of carbonyl (C=O) groups excluding carboxylic acids is 2. The second kappa shape index (κ2) is 8.32. The van der Waals surface area contributed by atoms with Crippen molar-refractivity contribution >= 4 is 33.9 Å². The first-order chi connectivity index (χ1) is 14.5. The number of Topliss-reactive ketones (excluding diaryl/α,β-unsaturated/α-hetero) is 1. The van der Waals surface area contributed by atoms with Gasteiger partial charge in [0.1, 0.15) is 0 Å². The zero-order valence-electron chi connectivity index (χ0n) is 15.1. The molecule has 0 aliphatic carbocycles. The number of hydrogen-bond donors (Lipinski definition) is 1. The molecule has 1 aliphatic heterocycles. The Labute approximate surface area is 185 Å². The first-order valence-electron chi connectivity index (χ1n) is 8.62. The van der Waals surface area contributed by atoms with Crippen LogP contribution in [-0.4, -0.2) is 24.9 Å². The van der Waals surface area contributed by atoms with E-state index in [9.17, 15) is 24.8 Å². The molecular formula is C20H13IN3O5S-. The number of benzene rings is 2. The Morgan fingerprint density at radius 1 is 1.13 bits per heavy atom. The summed E-state index contributed by atoms with van der Waals surface area (Å²) in [5.41, 5.74) is 0.923. The van der Waals surface area contributed by atoms with E-state index in [0.29, 0.717) is 19.8 Å². The summed E-state index contributed by atoms with van der Waals surface area (Å²) in [7, 11) is 0. The van der Waals surface area contributed by atoms with Gasteiger partial charge in [-0.1, -0.05) is 0 Å². The molecule has 4 rings (SSSR count). The number of thiazole rings is 1. The number of hydrogen-bond acceptors (Lipinski definition) is 7. The monoisotopic (exact) mass is 534 g/mol. The van der Waals surface area contributed by atoms with Crippen molar-refractivity contribution in [2.75, 3.05) is 4.90 Å². The van der Waals surface area contributed by atoms with Gasteiger partial charge in [0.25, 0.3) is 0 Å². The minimum atomic E-state index is -1.38. The molecular weight excluding hydrogens is 521 g/mol. The average molecular weight is 534 g/mol. The van der Waals surface area contributed by atoms with Crippen molar-refractivity contribution in [2.45, 2.75) is 6.04 Å². The molecule has 30 heavy (non-hydrogen) atoms. The molecule has 3 aromatic rings. The fourth-order valence-corrected chi connectivity index (χ4v) is 5.02. The molecule has 1 fully saturated rings. The van der Waals surface area contributed by atoms with Crippen molar-refractivity contribution < 1.29 is 39.3 Å². The third-order valence-corrected chi connectivity index (χ3v) is 6.91. The quantitative estimate of drug-likeness (QED) is 0.0954. The maximum atomic E-state index is 12.9. The van der Waals surface area contributed by atoms with Crippen LogP contribution in [0.4, 0.5) is 5.13 Å². The van der Waals surface area contributed by atoms with E-state index < -0.39 is 39.2 Å². The third-order valence-electron chi connectivity index (χ3n) is 4.47. The first kappa shape index (κ1) is 20.2. The molecule has 1 amide bonds. The van der Waals surface area contributed by atoms with Crippen molar-refractivity contribution in [3.8, 4) is 0 Å². The second-order valence-corrected chi connectivity index (χ2v) is 9.59. The summed E-state index contributed by atoms with van der Waals surface area (Å²) in [5.74, 6) is -1.87. The van der Waals surface area contributed by atoms with Gasteiger partial charge in [0.05, 0.1) is 0 Å². The normalized spacial score (nSPS) is 18.1. The van der Waals surface area contributed by atoms with E-state index in [1.165, 1.54) is 22.4 Å². The standard InChI is InChI=1S/C20H13IN3O5S/c25-17(13-4-2-1-3-5-13)15-16(12-6-8-14(9-7-12)21-24(28)29)23(19(27)18(15)26)20-22-10-11-30-20/h1-11,16,25H/q-1/b17-15-. The Morgan fingerprint density at radius 2 is 1.83 bits per heavy atom. The van der Waals surface area contributed by atoms with Crippen molar-refractivity contribution in [2.24, 2.45) is 0 Å². The molecule has 1 unspecified atom stereocenters. The summed E-state index contributed by atoms with van der Waals surface area (Å²) in [6.07, 6.45) is 1.53. The van der Waals surface area contributed by atoms with Crippen molar-refractivity contribution in [3.63, 3.8) is 0 Å². The molecule has 0 bridgehead atoms. The number of nitro groups is 1. The van der Waals surface area contributed by atoms with Crippen molar-refractivity contribution in [1.82, 2.24) is 4.98 Å². The van der Waals surface area contributed by atoms with E-state index in [2.05, 4.69) is 4.98 Å². The van der Waals surface area contributed by atoms with Gasteiger partial charge in [-0.3, -0.25) is 0 Å². The van der Waals surface area contributed by atoms with Crippen LogP contribution in [-0.2, 0) is 9.59 Å². The van der Waals surface area contributed by atoms with E-state index >= 15 is 0 Å². The minimum absolute atomic E-state index is 0.0434. The van der Waals surface area contributed by atoms with Crippen LogP contribution in [0.1, 0.15) is 17.2 Å². The Hall–Kier alpha value is -3.12. The summed E-state index contributed by atoms with van der Waals surface area (Å²) in [5, 5.41) is 23.7. The van der Waals surface area contributed by atoms with Crippen LogP contribution in [0.5, 0.6) is 0 Å².